The van der Waals surface area contributed by atoms with Gasteiger partial charge in [-0.2, -0.15) is 5.10 Å². The van der Waals surface area contributed by atoms with Gasteiger partial charge in [0.1, 0.15) is 6.54 Å². The second kappa shape index (κ2) is 8.58. The zero-order chi connectivity index (χ0) is 17.5. The predicted molar refractivity (Wildman–Crippen MR) is 101 cm³/mol. The highest BCUT2D eigenvalue weighted by Crippen LogP contribution is 2.05. The van der Waals surface area contributed by atoms with Gasteiger partial charge >= 0.3 is 0 Å². The van der Waals surface area contributed by atoms with E-state index in [9.17, 15) is 4.79 Å². The van der Waals surface area contributed by atoms with Crippen LogP contribution >= 0.6 is 0 Å². The van der Waals surface area contributed by atoms with Crippen LogP contribution < -0.4 is 10.3 Å². The van der Waals surface area contributed by atoms with Crippen LogP contribution in [-0.2, 0) is 13.0 Å². The van der Waals surface area contributed by atoms with E-state index in [2.05, 4.69) is 47.8 Å². The lowest BCUT2D eigenvalue weighted by Crippen LogP contribution is -3.11. The Labute approximate surface area is 149 Å². The third kappa shape index (κ3) is 5.00. The van der Waals surface area contributed by atoms with Gasteiger partial charge in [-0.15, -0.1) is 0 Å². The van der Waals surface area contributed by atoms with E-state index in [1.807, 2.05) is 24.3 Å². The van der Waals surface area contributed by atoms with Crippen molar-refractivity contribution in [2.45, 2.75) is 32.7 Å². The van der Waals surface area contributed by atoms with E-state index in [0.717, 1.165) is 44.6 Å². The van der Waals surface area contributed by atoms with E-state index in [0.29, 0.717) is 5.56 Å². The van der Waals surface area contributed by atoms with Crippen molar-refractivity contribution < 1.29 is 9.69 Å². The number of nitrogens with one attached hydrogen (secondary N) is 2. The van der Waals surface area contributed by atoms with Gasteiger partial charge in [-0.25, -0.2) is 5.43 Å². The largest absolute Gasteiger partial charge is 0.331 e. The molecule has 1 saturated heterocycles. The van der Waals surface area contributed by atoms with Crippen molar-refractivity contribution in [2.75, 3.05) is 13.1 Å². The zero-order valence-electron chi connectivity index (χ0n) is 14.8. The Balaban J connectivity index is 1.48. The molecule has 2 aromatic rings. The molecule has 0 radical (unpaired) electrons. The van der Waals surface area contributed by atoms with Crippen molar-refractivity contribution in [3.8, 4) is 0 Å². The summed E-state index contributed by atoms with van der Waals surface area (Å²) in [7, 11) is 0. The Hall–Kier alpha value is -2.46. The Morgan fingerprint density at radius 3 is 2.32 bits per heavy atom. The third-order valence-corrected chi connectivity index (χ3v) is 4.77. The van der Waals surface area contributed by atoms with Crippen molar-refractivity contribution in [3.63, 3.8) is 0 Å². The lowest BCUT2D eigenvalue weighted by atomic mass is 10.1. The maximum Gasteiger partial charge on any atom is 0.271 e. The number of hydrazone groups is 1. The number of carbonyl (C=O) groups excluding carboxylic acids is 1. The van der Waals surface area contributed by atoms with Crippen molar-refractivity contribution in [1.29, 1.82) is 0 Å². The Morgan fingerprint density at radius 1 is 1.00 bits per heavy atom. The summed E-state index contributed by atoms with van der Waals surface area (Å²) in [5, 5.41) is 4.35. The third-order valence-electron chi connectivity index (χ3n) is 4.77. The van der Waals surface area contributed by atoms with E-state index in [1.165, 1.54) is 11.1 Å². The van der Waals surface area contributed by atoms with Crippen LogP contribution in [0.2, 0.25) is 0 Å². The first kappa shape index (κ1) is 17.4. The van der Waals surface area contributed by atoms with Crippen molar-refractivity contribution in [3.05, 3.63) is 71.3 Å². The highest BCUT2D eigenvalue weighted by atomic mass is 16.2. The molecule has 0 aliphatic carbocycles. The molecule has 0 spiro atoms. The van der Waals surface area contributed by atoms with Gasteiger partial charge in [0, 0.05) is 29.7 Å². The van der Waals surface area contributed by atoms with E-state index < -0.39 is 0 Å². The van der Waals surface area contributed by atoms with Crippen molar-refractivity contribution >= 4 is 11.6 Å². The van der Waals surface area contributed by atoms with Crippen LogP contribution in [0, 0.1) is 0 Å². The SMILES string of the molecule is CCc1ccc(C(=O)NN=C2CC[NH+](Cc3ccccc3)CC2)cc1. The molecule has 1 heterocycles. The summed E-state index contributed by atoms with van der Waals surface area (Å²) in [6.45, 7) is 5.29. The fourth-order valence-electron chi connectivity index (χ4n) is 3.15. The number of benzene rings is 2. The van der Waals surface area contributed by atoms with Gasteiger partial charge in [-0.1, -0.05) is 49.4 Å². The highest BCUT2D eigenvalue weighted by Gasteiger charge is 2.18. The molecule has 2 N–H and O–H groups in total. The van der Waals surface area contributed by atoms with Crippen LogP contribution in [-0.4, -0.2) is 24.7 Å². The van der Waals surface area contributed by atoms with Gasteiger partial charge in [-0.3, -0.25) is 4.79 Å². The molecule has 1 fully saturated rings. The number of amides is 1. The Kier molecular flexibility index (Phi) is 5.96. The number of quaternary nitrogens is 1. The first-order valence-corrected chi connectivity index (χ1v) is 9.07. The predicted octanol–water partition coefficient (Wildman–Crippen LogP) is 2.21. The van der Waals surface area contributed by atoms with E-state index in [4.69, 9.17) is 0 Å². The van der Waals surface area contributed by atoms with E-state index >= 15 is 0 Å². The molecular formula is C21H26N3O+. The number of hydrogen-bond acceptors (Lipinski definition) is 2. The zero-order valence-corrected chi connectivity index (χ0v) is 14.8. The second-order valence-electron chi connectivity index (χ2n) is 6.58. The van der Waals surface area contributed by atoms with E-state index in [1.54, 1.807) is 4.90 Å². The molecule has 3 rings (SSSR count). The first-order valence-electron chi connectivity index (χ1n) is 9.07. The lowest BCUT2D eigenvalue weighted by Gasteiger charge is -2.24. The normalized spacial score (nSPS) is 17.2. The first-order chi connectivity index (χ1) is 12.2. The molecule has 0 aromatic heterocycles. The molecule has 130 valence electrons. The number of piperidine rings is 1. The average Bonchev–Trinajstić information content (AvgIpc) is 2.68. The summed E-state index contributed by atoms with van der Waals surface area (Å²) >= 11 is 0. The van der Waals surface area contributed by atoms with Crippen LogP contribution in [0.25, 0.3) is 0 Å². The van der Waals surface area contributed by atoms with Gasteiger partial charge in [0.05, 0.1) is 13.1 Å². The number of carbonyl (C=O) groups is 1. The number of likely N-dealkylation sites (tertiary alicyclic amines) is 1. The number of nitrogens with zero attached hydrogens (tertiary/aromatic N) is 1. The summed E-state index contributed by atoms with van der Waals surface area (Å²) in [5.41, 5.74) is 7.07. The van der Waals surface area contributed by atoms with Gasteiger partial charge in [0.25, 0.3) is 5.91 Å². The molecule has 4 heteroatoms. The maximum absolute atomic E-state index is 12.2. The maximum atomic E-state index is 12.2. The van der Waals surface area contributed by atoms with Crippen molar-refractivity contribution in [1.82, 2.24) is 5.43 Å². The van der Waals surface area contributed by atoms with Gasteiger partial charge in [0.2, 0.25) is 0 Å². The summed E-state index contributed by atoms with van der Waals surface area (Å²) in [6, 6.07) is 18.3. The van der Waals surface area contributed by atoms with Gasteiger partial charge < -0.3 is 4.90 Å². The summed E-state index contributed by atoms with van der Waals surface area (Å²) in [5.74, 6) is -0.130. The lowest BCUT2D eigenvalue weighted by molar-refractivity contribution is -0.914. The van der Waals surface area contributed by atoms with Crippen molar-refractivity contribution in [2.24, 2.45) is 5.10 Å². The Bertz CT molecular complexity index is 713. The molecule has 0 unspecified atom stereocenters. The molecule has 2 aromatic carbocycles. The molecule has 4 nitrogen and oxygen atoms in total. The monoisotopic (exact) mass is 336 g/mol. The number of rotatable bonds is 5. The van der Waals surface area contributed by atoms with Gasteiger partial charge in [0.15, 0.2) is 0 Å². The van der Waals surface area contributed by atoms with Crippen LogP contribution in [0.5, 0.6) is 0 Å². The van der Waals surface area contributed by atoms with Crippen LogP contribution in [0.4, 0.5) is 0 Å². The number of aryl methyl sites for hydroxylation is 1. The fraction of sp³-hybridized carbons (Fsp3) is 0.333. The highest BCUT2D eigenvalue weighted by molar-refractivity contribution is 5.95. The fourth-order valence-corrected chi connectivity index (χ4v) is 3.15. The summed E-state index contributed by atoms with van der Waals surface area (Å²) < 4.78 is 0. The molecule has 0 bridgehead atoms. The molecule has 1 amide bonds. The minimum absolute atomic E-state index is 0.130. The molecule has 0 atom stereocenters. The standard InChI is InChI=1S/C21H25N3O/c1-2-17-8-10-19(11-9-17)21(25)23-22-20-12-14-24(15-13-20)16-18-6-4-3-5-7-18/h3-11H,2,12-16H2,1H3,(H,23,25)/p+1. The van der Waals surface area contributed by atoms with Crippen LogP contribution in [0.3, 0.4) is 0 Å². The molecular weight excluding hydrogens is 310 g/mol. The number of hydrogen-bond donors (Lipinski definition) is 2. The quantitative estimate of drug-likeness (QED) is 0.808. The second-order valence-corrected chi connectivity index (χ2v) is 6.58. The average molecular weight is 336 g/mol. The molecule has 1 aliphatic heterocycles. The summed E-state index contributed by atoms with van der Waals surface area (Å²) in [4.78, 5) is 13.7. The van der Waals surface area contributed by atoms with Gasteiger partial charge in [-0.05, 0) is 24.1 Å². The van der Waals surface area contributed by atoms with E-state index in [-0.39, 0.29) is 5.91 Å². The summed E-state index contributed by atoms with van der Waals surface area (Å²) in [6.07, 6.45) is 2.86. The molecule has 1 aliphatic rings. The Morgan fingerprint density at radius 2 is 1.68 bits per heavy atom. The van der Waals surface area contributed by atoms with Crippen LogP contribution in [0.1, 0.15) is 41.3 Å². The smallest absolute Gasteiger partial charge is 0.271 e. The minimum atomic E-state index is -0.130. The topological polar surface area (TPSA) is 45.9 Å². The molecule has 0 saturated carbocycles. The minimum Gasteiger partial charge on any atom is -0.331 e. The van der Waals surface area contributed by atoms with Crippen LogP contribution in [0.15, 0.2) is 59.7 Å². The molecule has 25 heavy (non-hydrogen) atoms.